The minimum atomic E-state index is 0.472. The molecule has 0 aromatic heterocycles. The summed E-state index contributed by atoms with van der Waals surface area (Å²) in [4.78, 5) is 0. The lowest BCUT2D eigenvalue weighted by Crippen LogP contribution is -2.28. The van der Waals surface area contributed by atoms with Crippen LogP contribution in [0.2, 0.25) is 0 Å². The van der Waals surface area contributed by atoms with Crippen LogP contribution in [0.25, 0.3) is 0 Å². The maximum Gasteiger partial charge on any atom is 0.0470 e. The normalized spacial score (nSPS) is 59.2. The lowest BCUT2D eigenvalue weighted by atomic mass is 9.66. The second-order valence-electron chi connectivity index (χ2n) is 4.75. The maximum absolute atomic E-state index is 9.21. The van der Waals surface area contributed by atoms with Crippen molar-refractivity contribution in [3.05, 3.63) is 0 Å². The first-order valence-corrected chi connectivity index (χ1v) is 4.97. The molecule has 0 spiro atoms. The van der Waals surface area contributed by atoms with Crippen LogP contribution in [0.1, 0.15) is 38.5 Å². The van der Waals surface area contributed by atoms with E-state index in [-0.39, 0.29) is 0 Å². The van der Waals surface area contributed by atoms with Crippen molar-refractivity contribution in [2.45, 2.75) is 38.5 Å². The van der Waals surface area contributed by atoms with Gasteiger partial charge in [0.05, 0.1) is 0 Å². The molecule has 1 heteroatoms. The standard InChI is InChI=1S/C10H16O/c11-7-8-9-3-1-2-4-10(8,9)6-5-9/h8,11H,1-7H2. The highest BCUT2D eigenvalue weighted by atomic mass is 16.3. The molecule has 0 amide bonds. The van der Waals surface area contributed by atoms with Crippen molar-refractivity contribution in [3.8, 4) is 0 Å². The third-order valence-electron chi connectivity index (χ3n) is 4.94. The van der Waals surface area contributed by atoms with Crippen LogP contribution in [0.5, 0.6) is 0 Å². The molecule has 0 radical (unpaired) electrons. The Morgan fingerprint density at radius 2 is 1.55 bits per heavy atom. The molecule has 3 rings (SSSR count). The van der Waals surface area contributed by atoms with Crippen molar-refractivity contribution >= 4 is 0 Å². The smallest absolute Gasteiger partial charge is 0.0470 e. The molecule has 2 unspecified atom stereocenters. The highest BCUT2D eigenvalue weighted by Gasteiger charge is 2.80. The van der Waals surface area contributed by atoms with Crippen LogP contribution in [-0.4, -0.2) is 11.7 Å². The van der Waals surface area contributed by atoms with Gasteiger partial charge in [0.25, 0.3) is 0 Å². The fourth-order valence-electron chi connectivity index (χ4n) is 4.28. The molecule has 11 heavy (non-hydrogen) atoms. The van der Waals surface area contributed by atoms with E-state index in [1.807, 2.05) is 0 Å². The second-order valence-corrected chi connectivity index (χ2v) is 4.75. The van der Waals surface area contributed by atoms with E-state index in [0.29, 0.717) is 17.4 Å². The van der Waals surface area contributed by atoms with Crippen molar-refractivity contribution in [1.29, 1.82) is 0 Å². The fraction of sp³-hybridized carbons (Fsp3) is 1.00. The van der Waals surface area contributed by atoms with Crippen LogP contribution in [-0.2, 0) is 0 Å². The van der Waals surface area contributed by atoms with Crippen LogP contribution in [0, 0.1) is 16.7 Å². The lowest BCUT2D eigenvalue weighted by molar-refractivity contribution is 0.115. The molecule has 0 aliphatic heterocycles. The Balaban J connectivity index is 1.91. The Bertz CT molecular complexity index is 181. The summed E-state index contributed by atoms with van der Waals surface area (Å²) in [5.74, 6) is 0.720. The number of aliphatic hydroxyl groups is 1. The zero-order chi connectivity index (χ0) is 7.53. The summed E-state index contributed by atoms with van der Waals surface area (Å²) in [7, 11) is 0. The number of hydrogen-bond donors (Lipinski definition) is 1. The molecule has 2 atom stereocenters. The SMILES string of the molecule is OCC1C23CCCCC12CC3. The van der Waals surface area contributed by atoms with E-state index in [1.165, 1.54) is 38.5 Å². The first-order valence-electron chi connectivity index (χ1n) is 4.97. The molecule has 3 aliphatic carbocycles. The fourth-order valence-corrected chi connectivity index (χ4v) is 4.28. The number of hydrogen-bond acceptors (Lipinski definition) is 1. The van der Waals surface area contributed by atoms with Gasteiger partial charge in [0, 0.05) is 6.61 Å². The molecule has 3 fully saturated rings. The average Bonchev–Trinajstić information content (AvgIpc) is 2.49. The van der Waals surface area contributed by atoms with Gasteiger partial charge in [0.2, 0.25) is 0 Å². The van der Waals surface area contributed by atoms with Gasteiger partial charge in [-0.05, 0) is 42.4 Å². The topological polar surface area (TPSA) is 20.2 Å². The van der Waals surface area contributed by atoms with E-state index in [2.05, 4.69) is 0 Å². The van der Waals surface area contributed by atoms with E-state index < -0.39 is 0 Å². The largest absolute Gasteiger partial charge is 0.396 e. The van der Waals surface area contributed by atoms with E-state index >= 15 is 0 Å². The Labute approximate surface area is 67.8 Å². The number of aliphatic hydroxyl groups excluding tert-OH is 1. The molecule has 0 saturated heterocycles. The Kier molecular flexibility index (Phi) is 0.976. The van der Waals surface area contributed by atoms with Gasteiger partial charge in [-0.2, -0.15) is 0 Å². The van der Waals surface area contributed by atoms with E-state index in [0.717, 1.165) is 5.92 Å². The van der Waals surface area contributed by atoms with Gasteiger partial charge in [-0.1, -0.05) is 12.8 Å². The minimum Gasteiger partial charge on any atom is -0.396 e. The highest BCUT2D eigenvalue weighted by Crippen LogP contribution is 2.86. The van der Waals surface area contributed by atoms with Crippen LogP contribution < -0.4 is 0 Å². The lowest BCUT2D eigenvalue weighted by Gasteiger charge is -2.39. The van der Waals surface area contributed by atoms with Gasteiger partial charge < -0.3 is 5.11 Å². The molecule has 1 nitrogen and oxygen atoms in total. The zero-order valence-corrected chi connectivity index (χ0v) is 6.97. The molecule has 62 valence electrons. The number of rotatable bonds is 1. The summed E-state index contributed by atoms with van der Waals surface area (Å²) in [5.41, 5.74) is 1.36. The summed E-state index contributed by atoms with van der Waals surface area (Å²) in [6, 6.07) is 0. The van der Waals surface area contributed by atoms with Crippen molar-refractivity contribution in [2.75, 3.05) is 6.61 Å². The monoisotopic (exact) mass is 152 g/mol. The molecule has 0 bridgehead atoms. The predicted molar refractivity (Wildman–Crippen MR) is 43.1 cm³/mol. The van der Waals surface area contributed by atoms with Gasteiger partial charge in [-0.15, -0.1) is 0 Å². The maximum atomic E-state index is 9.21. The molecule has 3 saturated carbocycles. The van der Waals surface area contributed by atoms with Gasteiger partial charge in [-0.25, -0.2) is 0 Å². The molecule has 0 aromatic rings. The zero-order valence-electron chi connectivity index (χ0n) is 6.97. The highest BCUT2D eigenvalue weighted by molar-refractivity contribution is 5.28. The Hall–Kier alpha value is -0.0400. The first-order chi connectivity index (χ1) is 5.36. The van der Waals surface area contributed by atoms with Crippen molar-refractivity contribution in [2.24, 2.45) is 16.7 Å². The van der Waals surface area contributed by atoms with Crippen molar-refractivity contribution in [3.63, 3.8) is 0 Å². The van der Waals surface area contributed by atoms with Gasteiger partial charge >= 0.3 is 0 Å². The van der Waals surface area contributed by atoms with Gasteiger partial charge in [0.15, 0.2) is 0 Å². The quantitative estimate of drug-likeness (QED) is 0.609. The summed E-state index contributed by atoms with van der Waals surface area (Å²) in [6.45, 7) is 0.472. The van der Waals surface area contributed by atoms with Crippen LogP contribution in [0.15, 0.2) is 0 Å². The van der Waals surface area contributed by atoms with Crippen LogP contribution in [0.4, 0.5) is 0 Å². The minimum absolute atomic E-state index is 0.472. The molecule has 1 N–H and O–H groups in total. The van der Waals surface area contributed by atoms with E-state index in [9.17, 15) is 5.11 Å². The van der Waals surface area contributed by atoms with Crippen LogP contribution >= 0.6 is 0 Å². The summed E-state index contributed by atoms with van der Waals surface area (Å²) in [6.07, 6.45) is 8.57. The molecule has 3 aliphatic rings. The molecule has 0 aromatic carbocycles. The Morgan fingerprint density at radius 3 is 1.91 bits per heavy atom. The third kappa shape index (κ3) is 0.462. The second kappa shape index (κ2) is 1.66. The predicted octanol–water partition coefficient (Wildman–Crippen LogP) is 1.95. The van der Waals surface area contributed by atoms with Gasteiger partial charge in [0.1, 0.15) is 0 Å². The van der Waals surface area contributed by atoms with Gasteiger partial charge in [-0.3, -0.25) is 0 Å². The first kappa shape index (κ1) is 6.47. The van der Waals surface area contributed by atoms with Crippen LogP contribution in [0.3, 0.4) is 0 Å². The molecular formula is C10H16O. The summed E-state index contributed by atoms with van der Waals surface area (Å²) < 4.78 is 0. The van der Waals surface area contributed by atoms with E-state index in [1.54, 1.807) is 0 Å². The summed E-state index contributed by atoms with van der Waals surface area (Å²) in [5, 5.41) is 9.21. The third-order valence-corrected chi connectivity index (χ3v) is 4.94. The average molecular weight is 152 g/mol. The molecular weight excluding hydrogens is 136 g/mol. The van der Waals surface area contributed by atoms with Crippen molar-refractivity contribution in [1.82, 2.24) is 0 Å². The molecule has 0 heterocycles. The van der Waals surface area contributed by atoms with E-state index in [4.69, 9.17) is 0 Å². The summed E-state index contributed by atoms with van der Waals surface area (Å²) >= 11 is 0. The van der Waals surface area contributed by atoms with Crippen molar-refractivity contribution < 1.29 is 5.11 Å². The Morgan fingerprint density at radius 1 is 1.00 bits per heavy atom.